The molecule has 0 atom stereocenters. The van der Waals surface area contributed by atoms with Crippen LogP contribution in [0.4, 0.5) is 0 Å². The minimum absolute atomic E-state index is 0.0177. The monoisotopic (exact) mass is 282 g/mol. The number of esters is 1. The molecule has 4 nitrogen and oxygen atoms in total. The molecular weight excluding hydrogens is 252 g/mol. The molecule has 116 valence electrons. The van der Waals surface area contributed by atoms with Crippen molar-refractivity contribution in [1.29, 1.82) is 0 Å². The van der Waals surface area contributed by atoms with E-state index < -0.39 is 0 Å². The minimum Gasteiger partial charge on any atom is -0.465 e. The van der Waals surface area contributed by atoms with E-state index in [1.807, 2.05) is 6.92 Å². The molecule has 0 aromatic carbocycles. The summed E-state index contributed by atoms with van der Waals surface area (Å²) in [4.78, 5) is 15.0. The SMILES string of the molecule is CCOC(=O)C1(N2CCNCC2)CCC(C(C)C)CC1. The Morgan fingerprint density at radius 2 is 1.90 bits per heavy atom. The summed E-state index contributed by atoms with van der Waals surface area (Å²) in [6.07, 6.45) is 4.24. The van der Waals surface area contributed by atoms with Crippen molar-refractivity contribution in [2.24, 2.45) is 11.8 Å². The van der Waals surface area contributed by atoms with Gasteiger partial charge in [-0.3, -0.25) is 9.69 Å². The maximum absolute atomic E-state index is 12.6. The molecule has 1 aliphatic heterocycles. The Kier molecular flexibility index (Phi) is 5.44. The fourth-order valence-corrected chi connectivity index (χ4v) is 3.79. The van der Waals surface area contributed by atoms with E-state index in [1.54, 1.807) is 0 Å². The Balaban J connectivity index is 2.11. The lowest BCUT2D eigenvalue weighted by molar-refractivity contribution is -0.162. The van der Waals surface area contributed by atoms with E-state index in [0.717, 1.165) is 63.7 Å². The smallest absolute Gasteiger partial charge is 0.326 e. The first-order valence-corrected chi connectivity index (χ1v) is 8.23. The second-order valence-electron chi connectivity index (χ2n) is 6.57. The topological polar surface area (TPSA) is 41.6 Å². The van der Waals surface area contributed by atoms with E-state index in [2.05, 4.69) is 24.1 Å². The number of nitrogens with one attached hydrogen (secondary N) is 1. The van der Waals surface area contributed by atoms with Crippen molar-refractivity contribution in [1.82, 2.24) is 10.2 Å². The van der Waals surface area contributed by atoms with Gasteiger partial charge >= 0.3 is 5.97 Å². The lowest BCUT2D eigenvalue weighted by atomic mass is 9.71. The average Bonchev–Trinajstić information content (AvgIpc) is 2.48. The fraction of sp³-hybridized carbons (Fsp3) is 0.938. The molecule has 0 aromatic heterocycles. The Morgan fingerprint density at radius 1 is 1.30 bits per heavy atom. The minimum atomic E-state index is -0.344. The second kappa shape index (κ2) is 6.90. The molecule has 0 bridgehead atoms. The van der Waals surface area contributed by atoms with Gasteiger partial charge in [0.2, 0.25) is 0 Å². The van der Waals surface area contributed by atoms with Crippen LogP contribution in [0, 0.1) is 11.8 Å². The molecule has 0 unspecified atom stereocenters. The lowest BCUT2D eigenvalue weighted by Crippen LogP contribution is -2.62. The van der Waals surface area contributed by atoms with Crippen LogP contribution >= 0.6 is 0 Å². The second-order valence-corrected chi connectivity index (χ2v) is 6.57. The molecule has 4 heteroatoms. The van der Waals surface area contributed by atoms with Crippen molar-refractivity contribution in [3.05, 3.63) is 0 Å². The van der Waals surface area contributed by atoms with Gasteiger partial charge in [-0.2, -0.15) is 0 Å². The summed E-state index contributed by atoms with van der Waals surface area (Å²) in [5.41, 5.74) is -0.344. The third kappa shape index (κ3) is 3.17. The first kappa shape index (κ1) is 15.8. The Bertz CT molecular complexity index is 316. The summed E-state index contributed by atoms with van der Waals surface area (Å²) in [6, 6.07) is 0. The number of hydrogen-bond donors (Lipinski definition) is 1. The van der Waals surface area contributed by atoms with Gasteiger partial charge in [0.25, 0.3) is 0 Å². The van der Waals surface area contributed by atoms with Crippen LogP contribution < -0.4 is 5.32 Å². The number of carbonyl (C=O) groups is 1. The van der Waals surface area contributed by atoms with Crippen molar-refractivity contribution >= 4 is 5.97 Å². The molecule has 0 spiro atoms. The number of hydrogen-bond acceptors (Lipinski definition) is 4. The van der Waals surface area contributed by atoms with Crippen LogP contribution in [0.5, 0.6) is 0 Å². The zero-order chi connectivity index (χ0) is 14.6. The zero-order valence-corrected chi connectivity index (χ0v) is 13.3. The van der Waals surface area contributed by atoms with Crippen molar-refractivity contribution in [3.63, 3.8) is 0 Å². The quantitative estimate of drug-likeness (QED) is 0.801. The Morgan fingerprint density at radius 3 is 2.40 bits per heavy atom. The predicted molar refractivity (Wildman–Crippen MR) is 80.6 cm³/mol. The Labute approximate surface area is 123 Å². The first-order valence-electron chi connectivity index (χ1n) is 8.23. The molecule has 1 saturated carbocycles. The fourth-order valence-electron chi connectivity index (χ4n) is 3.79. The summed E-state index contributed by atoms with van der Waals surface area (Å²) in [6.45, 7) is 10.9. The van der Waals surface area contributed by atoms with Gasteiger partial charge in [-0.25, -0.2) is 0 Å². The van der Waals surface area contributed by atoms with Crippen molar-refractivity contribution < 1.29 is 9.53 Å². The highest BCUT2D eigenvalue weighted by atomic mass is 16.5. The highest BCUT2D eigenvalue weighted by molar-refractivity contribution is 5.81. The van der Waals surface area contributed by atoms with Crippen LogP contribution in [0.15, 0.2) is 0 Å². The van der Waals surface area contributed by atoms with Gasteiger partial charge in [-0.1, -0.05) is 13.8 Å². The van der Waals surface area contributed by atoms with Crippen LogP contribution in [0.2, 0.25) is 0 Å². The molecular formula is C16H30N2O2. The van der Waals surface area contributed by atoms with Crippen LogP contribution in [0.25, 0.3) is 0 Å². The molecule has 0 amide bonds. The largest absolute Gasteiger partial charge is 0.465 e. The number of rotatable bonds is 4. The van der Waals surface area contributed by atoms with Gasteiger partial charge in [0.05, 0.1) is 6.61 Å². The normalized spacial score (nSPS) is 32.3. The maximum atomic E-state index is 12.6. The van der Waals surface area contributed by atoms with Crippen LogP contribution in [0.1, 0.15) is 46.5 Å². The molecule has 1 aliphatic carbocycles. The van der Waals surface area contributed by atoms with Gasteiger partial charge in [-0.05, 0) is 44.4 Å². The number of carbonyl (C=O) groups excluding carboxylic acids is 1. The molecule has 2 aliphatic rings. The number of piperazine rings is 1. The summed E-state index contributed by atoms with van der Waals surface area (Å²) in [7, 11) is 0. The molecule has 2 fully saturated rings. The van der Waals surface area contributed by atoms with E-state index in [-0.39, 0.29) is 11.5 Å². The van der Waals surface area contributed by atoms with Crippen molar-refractivity contribution in [3.8, 4) is 0 Å². The molecule has 0 radical (unpaired) electrons. The third-order valence-corrected chi connectivity index (χ3v) is 5.18. The standard InChI is InChI=1S/C16H30N2O2/c1-4-20-15(19)16(18-11-9-17-10-12-18)7-5-14(6-8-16)13(2)3/h13-14,17H,4-12H2,1-3H3. The molecule has 2 rings (SSSR count). The predicted octanol–water partition coefficient (Wildman–Crippen LogP) is 2.04. The molecule has 20 heavy (non-hydrogen) atoms. The lowest BCUT2D eigenvalue weighted by Gasteiger charge is -2.48. The summed E-state index contributed by atoms with van der Waals surface area (Å²) in [5, 5.41) is 3.38. The van der Waals surface area contributed by atoms with Crippen molar-refractivity contribution in [2.45, 2.75) is 52.0 Å². The van der Waals surface area contributed by atoms with Gasteiger partial charge in [0, 0.05) is 26.2 Å². The molecule has 1 saturated heterocycles. The van der Waals surface area contributed by atoms with Crippen LogP contribution in [-0.2, 0) is 9.53 Å². The molecule has 1 heterocycles. The van der Waals surface area contributed by atoms with Gasteiger partial charge in [0.1, 0.15) is 5.54 Å². The van der Waals surface area contributed by atoms with Crippen molar-refractivity contribution in [2.75, 3.05) is 32.8 Å². The zero-order valence-electron chi connectivity index (χ0n) is 13.3. The highest BCUT2D eigenvalue weighted by Gasteiger charge is 2.48. The van der Waals surface area contributed by atoms with E-state index in [9.17, 15) is 4.79 Å². The van der Waals surface area contributed by atoms with E-state index in [0.29, 0.717) is 6.61 Å². The van der Waals surface area contributed by atoms with E-state index in [1.165, 1.54) is 0 Å². The maximum Gasteiger partial charge on any atom is 0.326 e. The Hall–Kier alpha value is -0.610. The van der Waals surface area contributed by atoms with Crippen LogP contribution in [-0.4, -0.2) is 49.2 Å². The molecule has 1 N–H and O–H groups in total. The highest BCUT2D eigenvalue weighted by Crippen LogP contribution is 2.40. The first-order chi connectivity index (χ1) is 9.60. The van der Waals surface area contributed by atoms with Crippen LogP contribution in [0.3, 0.4) is 0 Å². The van der Waals surface area contributed by atoms with Gasteiger partial charge in [0.15, 0.2) is 0 Å². The summed E-state index contributed by atoms with van der Waals surface area (Å²) in [5.74, 6) is 1.50. The van der Waals surface area contributed by atoms with E-state index >= 15 is 0 Å². The van der Waals surface area contributed by atoms with Gasteiger partial charge in [-0.15, -0.1) is 0 Å². The number of ether oxygens (including phenoxy) is 1. The van der Waals surface area contributed by atoms with E-state index in [4.69, 9.17) is 4.74 Å². The third-order valence-electron chi connectivity index (χ3n) is 5.18. The number of nitrogens with zero attached hydrogens (tertiary/aromatic N) is 1. The average molecular weight is 282 g/mol. The van der Waals surface area contributed by atoms with Gasteiger partial charge < -0.3 is 10.1 Å². The summed E-state index contributed by atoms with van der Waals surface area (Å²) < 4.78 is 5.43. The molecule has 0 aromatic rings. The summed E-state index contributed by atoms with van der Waals surface area (Å²) >= 11 is 0.